The molecule has 0 saturated carbocycles. The van der Waals surface area contributed by atoms with Gasteiger partial charge in [-0.15, -0.1) is 0 Å². The second-order valence-electron chi connectivity index (χ2n) is 4.75. The van der Waals surface area contributed by atoms with Crippen LogP contribution in [0.3, 0.4) is 0 Å². The first kappa shape index (κ1) is 13.8. The third-order valence-electron chi connectivity index (χ3n) is 2.34. The van der Waals surface area contributed by atoms with Gasteiger partial charge in [0, 0.05) is 6.21 Å². The minimum absolute atomic E-state index is 0.480. The van der Waals surface area contributed by atoms with Gasteiger partial charge in [0.2, 0.25) is 5.88 Å². The van der Waals surface area contributed by atoms with Crippen LogP contribution in [0.25, 0.3) is 0 Å². The Kier molecular flexibility index (Phi) is 4.40. The Morgan fingerprint density at radius 1 is 1.29 bits per heavy atom. The van der Waals surface area contributed by atoms with Crippen molar-refractivity contribution in [2.45, 2.75) is 13.8 Å². The van der Waals surface area contributed by atoms with Crippen LogP contribution in [0.5, 0.6) is 0 Å². The number of hydrogen-bond acceptors (Lipinski definition) is 2. The fourth-order valence-corrected chi connectivity index (χ4v) is 1.99. The van der Waals surface area contributed by atoms with Crippen LogP contribution in [0.1, 0.15) is 16.7 Å². The predicted molar refractivity (Wildman–Crippen MR) is 79.1 cm³/mol. The van der Waals surface area contributed by atoms with Gasteiger partial charge >= 0.3 is 0 Å². The normalized spacial score (nSPS) is 12.8. The van der Waals surface area contributed by atoms with E-state index in [9.17, 15) is 0 Å². The van der Waals surface area contributed by atoms with E-state index < -0.39 is 10.3 Å². The summed E-state index contributed by atoms with van der Waals surface area (Å²) in [6, 6.07) is 6.17. The molecule has 0 aromatic heterocycles. The average molecular weight is 251 g/mol. The molecule has 0 spiro atoms. The summed E-state index contributed by atoms with van der Waals surface area (Å²) in [5.41, 5.74) is 3.62. The number of rotatable bonds is 4. The average Bonchev–Trinajstić information content (AvgIpc) is 2.18. The lowest BCUT2D eigenvalue weighted by Gasteiger charge is -2.25. The van der Waals surface area contributed by atoms with Crippen molar-refractivity contribution >= 4 is 16.5 Å². The van der Waals surface area contributed by atoms with E-state index in [2.05, 4.69) is 50.3 Å². The van der Waals surface area contributed by atoms with Gasteiger partial charge in [0.25, 0.3) is 0 Å². The maximum absolute atomic E-state index is 5.62. The Bertz CT molecular complexity index is 444. The highest BCUT2D eigenvalue weighted by atomic mass is 32.3. The third kappa shape index (κ3) is 4.65. The van der Waals surface area contributed by atoms with Crippen LogP contribution in [0, 0.1) is 13.8 Å². The smallest absolute Gasteiger partial charge is 0.217 e. The Hall–Kier alpha value is -1.22. The Balaban J connectivity index is 2.78. The number of benzene rings is 1. The standard InChI is InChI=1S/C14H21NOS/c1-11-8-7-9-14(12(11)2)10-15-13(3)16-17(4,5)6/h7-10H,3H2,1-2,4-6H3/b15-10+. The van der Waals surface area contributed by atoms with Crippen molar-refractivity contribution < 1.29 is 4.18 Å². The van der Waals surface area contributed by atoms with Gasteiger partial charge < -0.3 is 4.18 Å². The summed E-state index contributed by atoms with van der Waals surface area (Å²) in [6.07, 6.45) is 8.00. The van der Waals surface area contributed by atoms with Crippen molar-refractivity contribution in [3.63, 3.8) is 0 Å². The van der Waals surface area contributed by atoms with Crippen LogP contribution in [0.2, 0.25) is 0 Å². The lowest BCUT2D eigenvalue weighted by molar-refractivity contribution is 0.482. The SMILES string of the molecule is C=C(/N=C/c1cccc(C)c1C)OS(C)(C)C. The number of aryl methyl sites for hydroxylation is 1. The van der Waals surface area contributed by atoms with Gasteiger partial charge in [-0.25, -0.2) is 4.99 Å². The molecule has 0 atom stereocenters. The minimum Gasteiger partial charge on any atom is -0.430 e. The molecule has 0 radical (unpaired) electrons. The zero-order valence-electron chi connectivity index (χ0n) is 11.3. The number of hydrogen-bond donors (Lipinski definition) is 0. The molecule has 0 aliphatic rings. The van der Waals surface area contributed by atoms with E-state index in [1.165, 1.54) is 11.1 Å². The second kappa shape index (κ2) is 5.41. The second-order valence-corrected chi connectivity index (χ2v) is 8.37. The summed E-state index contributed by atoms with van der Waals surface area (Å²) in [6.45, 7) is 8.00. The summed E-state index contributed by atoms with van der Waals surface area (Å²) in [5.74, 6) is 0.480. The van der Waals surface area contributed by atoms with E-state index in [-0.39, 0.29) is 0 Å². The molecular formula is C14H21NOS. The molecular weight excluding hydrogens is 230 g/mol. The molecule has 0 aliphatic heterocycles. The quantitative estimate of drug-likeness (QED) is 0.589. The van der Waals surface area contributed by atoms with Gasteiger partial charge in [0.15, 0.2) is 0 Å². The van der Waals surface area contributed by atoms with Crippen molar-refractivity contribution in [2.75, 3.05) is 18.8 Å². The van der Waals surface area contributed by atoms with Crippen LogP contribution >= 0.6 is 10.3 Å². The van der Waals surface area contributed by atoms with Crippen molar-refractivity contribution in [1.29, 1.82) is 0 Å². The molecule has 0 bridgehead atoms. The zero-order chi connectivity index (χ0) is 13.1. The Morgan fingerprint density at radius 2 is 1.94 bits per heavy atom. The molecule has 0 fully saturated rings. The van der Waals surface area contributed by atoms with E-state index in [0.717, 1.165) is 5.56 Å². The van der Waals surface area contributed by atoms with Crippen LogP contribution in [-0.2, 0) is 4.18 Å². The molecule has 0 aliphatic carbocycles. The summed E-state index contributed by atoms with van der Waals surface area (Å²) in [4.78, 5) is 4.26. The highest BCUT2D eigenvalue weighted by Gasteiger charge is 2.05. The van der Waals surface area contributed by atoms with Gasteiger partial charge in [-0.2, -0.15) is 0 Å². The zero-order valence-corrected chi connectivity index (χ0v) is 12.1. The first-order valence-corrected chi connectivity index (χ1v) is 8.25. The third-order valence-corrected chi connectivity index (χ3v) is 3.03. The molecule has 0 N–H and O–H groups in total. The van der Waals surface area contributed by atoms with E-state index in [1.807, 2.05) is 18.3 Å². The summed E-state index contributed by atoms with van der Waals surface area (Å²) >= 11 is 0. The predicted octanol–water partition coefficient (Wildman–Crippen LogP) is 3.82. The van der Waals surface area contributed by atoms with Gasteiger partial charge in [-0.1, -0.05) is 28.5 Å². The Morgan fingerprint density at radius 3 is 2.53 bits per heavy atom. The Labute approximate surface area is 106 Å². The van der Waals surface area contributed by atoms with E-state index in [0.29, 0.717) is 5.88 Å². The van der Waals surface area contributed by atoms with E-state index in [4.69, 9.17) is 4.18 Å². The fourth-order valence-electron chi connectivity index (χ4n) is 1.37. The minimum atomic E-state index is -1.06. The summed E-state index contributed by atoms with van der Waals surface area (Å²) < 4.78 is 5.62. The lowest BCUT2D eigenvalue weighted by atomic mass is 10.0. The van der Waals surface area contributed by atoms with Crippen molar-refractivity contribution in [3.8, 4) is 0 Å². The molecule has 3 heteroatoms. The van der Waals surface area contributed by atoms with Crippen molar-refractivity contribution in [3.05, 3.63) is 47.4 Å². The largest absolute Gasteiger partial charge is 0.430 e. The molecule has 1 rings (SSSR count). The van der Waals surface area contributed by atoms with Crippen LogP contribution in [-0.4, -0.2) is 25.0 Å². The van der Waals surface area contributed by atoms with Crippen LogP contribution in [0.15, 0.2) is 35.7 Å². The first-order chi connectivity index (χ1) is 7.79. The van der Waals surface area contributed by atoms with E-state index in [1.54, 1.807) is 0 Å². The molecule has 0 unspecified atom stereocenters. The maximum Gasteiger partial charge on any atom is 0.217 e. The highest BCUT2D eigenvalue weighted by Crippen LogP contribution is 2.38. The molecule has 94 valence electrons. The fraction of sp³-hybridized carbons (Fsp3) is 0.357. The van der Waals surface area contributed by atoms with Gasteiger partial charge in [-0.05, 0) is 55.9 Å². The van der Waals surface area contributed by atoms with Gasteiger partial charge in [0.05, 0.1) is 0 Å². The summed E-state index contributed by atoms with van der Waals surface area (Å²) in [7, 11) is -1.06. The first-order valence-electron chi connectivity index (χ1n) is 5.46. The van der Waals surface area contributed by atoms with Crippen molar-refractivity contribution in [1.82, 2.24) is 0 Å². The monoisotopic (exact) mass is 251 g/mol. The molecule has 0 heterocycles. The maximum atomic E-state index is 5.62. The lowest BCUT2D eigenvalue weighted by Crippen LogP contribution is -1.97. The molecule has 0 saturated heterocycles. The van der Waals surface area contributed by atoms with Crippen molar-refractivity contribution in [2.24, 2.45) is 4.99 Å². The van der Waals surface area contributed by atoms with Crippen LogP contribution < -0.4 is 0 Å². The molecule has 2 nitrogen and oxygen atoms in total. The number of aliphatic imine (C=N–C) groups is 1. The molecule has 1 aromatic carbocycles. The molecule has 0 amide bonds. The topological polar surface area (TPSA) is 21.6 Å². The van der Waals surface area contributed by atoms with Gasteiger partial charge in [-0.3, -0.25) is 0 Å². The summed E-state index contributed by atoms with van der Waals surface area (Å²) in [5, 5.41) is 0. The number of nitrogens with zero attached hydrogens (tertiary/aromatic N) is 1. The molecule has 1 aromatic rings. The highest BCUT2D eigenvalue weighted by molar-refractivity contribution is 8.28. The van der Waals surface area contributed by atoms with Gasteiger partial charge in [0.1, 0.15) is 0 Å². The van der Waals surface area contributed by atoms with E-state index >= 15 is 0 Å². The molecule has 17 heavy (non-hydrogen) atoms. The van der Waals surface area contributed by atoms with Crippen LogP contribution in [0.4, 0.5) is 0 Å².